The van der Waals surface area contributed by atoms with Crippen molar-refractivity contribution in [2.24, 2.45) is 23.7 Å². The SMILES string of the molecule is C=C(C)C(=O)OCCOC1=CC2CC1C1CCCC21. The Morgan fingerprint density at radius 1 is 1.37 bits per heavy atom. The maximum absolute atomic E-state index is 11.2. The summed E-state index contributed by atoms with van der Waals surface area (Å²) in [6, 6.07) is 0. The van der Waals surface area contributed by atoms with Gasteiger partial charge in [0, 0.05) is 11.5 Å². The minimum atomic E-state index is -0.332. The molecular weight excluding hydrogens is 240 g/mol. The first-order chi connectivity index (χ1) is 9.16. The minimum absolute atomic E-state index is 0.314. The average molecular weight is 262 g/mol. The fraction of sp³-hybridized carbons (Fsp3) is 0.688. The maximum atomic E-state index is 11.2. The Bertz CT molecular complexity index is 424. The zero-order chi connectivity index (χ0) is 13.4. The van der Waals surface area contributed by atoms with Crippen LogP contribution in [0.25, 0.3) is 0 Å². The highest BCUT2D eigenvalue weighted by Crippen LogP contribution is 2.58. The summed E-state index contributed by atoms with van der Waals surface area (Å²) >= 11 is 0. The molecule has 3 aliphatic rings. The van der Waals surface area contributed by atoms with Gasteiger partial charge in [-0.1, -0.05) is 13.0 Å². The molecular formula is C16H22O3. The van der Waals surface area contributed by atoms with Crippen LogP contribution in [0.4, 0.5) is 0 Å². The lowest BCUT2D eigenvalue weighted by atomic mass is 9.85. The second-order valence-electron chi connectivity index (χ2n) is 6.10. The molecule has 3 aliphatic carbocycles. The van der Waals surface area contributed by atoms with Crippen molar-refractivity contribution >= 4 is 5.97 Å². The van der Waals surface area contributed by atoms with E-state index in [-0.39, 0.29) is 5.97 Å². The van der Waals surface area contributed by atoms with Crippen LogP contribution in [0.3, 0.4) is 0 Å². The number of ether oxygens (including phenoxy) is 2. The number of rotatable bonds is 5. The van der Waals surface area contributed by atoms with Gasteiger partial charge in [-0.3, -0.25) is 0 Å². The number of hydrogen-bond acceptors (Lipinski definition) is 3. The third-order valence-electron chi connectivity index (χ3n) is 4.90. The van der Waals surface area contributed by atoms with Gasteiger partial charge in [0.2, 0.25) is 0 Å². The molecule has 2 bridgehead atoms. The van der Waals surface area contributed by atoms with E-state index in [0.717, 1.165) is 17.8 Å². The van der Waals surface area contributed by atoms with E-state index in [0.29, 0.717) is 24.7 Å². The van der Waals surface area contributed by atoms with Crippen LogP contribution in [0, 0.1) is 23.7 Å². The monoisotopic (exact) mass is 262 g/mol. The smallest absolute Gasteiger partial charge is 0.333 e. The molecule has 4 atom stereocenters. The van der Waals surface area contributed by atoms with Gasteiger partial charge in [0.05, 0.1) is 5.76 Å². The normalized spacial score (nSPS) is 34.9. The molecule has 0 amide bonds. The highest BCUT2D eigenvalue weighted by atomic mass is 16.6. The minimum Gasteiger partial charge on any atom is -0.494 e. The molecule has 0 aromatic heterocycles. The van der Waals surface area contributed by atoms with E-state index < -0.39 is 0 Å². The molecule has 2 fully saturated rings. The molecule has 0 saturated heterocycles. The fourth-order valence-corrected chi connectivity index (χ4v) is 4.12. The Morgan fingerprint density at radius 2 is 2.16 bits per heavy atom. The molecule has 2 saturated carbocycles. The summed E-state index contributed by atoms with van der Waals surface area (Å²) < 4.78 is 10.9. The van der Waals surface area contributed by atoms with Crippen LogP contribution in [-0.2, 0) is 14.3 Å². The van der Waals surface area contributed by atoms with Gasteiger partial charge < -0.3 is 9.47 Å². The van der Waals surface area contributed by atoms with Crippen LogP contribution in [0.1, 0.15) is 32.6 Å². The molecule has 0 radical (unpaired) electrons. The van der Waals surface area contributed by atoms with Gasteiger partial charge in [-0.05, 0) is 50.0 Å². The van der Waals surface area contributed by atoms with E-state index in [4.69, 9.17) is 9.47 Å². The lowest BCUT2D eigenvalue weighted by molar-refractivity contribution is -0.140. The summed E-state index contributed by atoms with van der Waals surface area (Å²) in [6.45, 7) is 5.98. The van der Waals surface area contributed by atoms with Crippen molar-refractivity contribution in [3.05, 3.63) is 24.0 Å². The molecule has 3 heteroatoms. The Morgan fingerprint density at radius 3 is 2.95 bits per heavy atom. The lowest BCUT2D eigenvalue weighted by Crippen LogP contribution is -2.19. The topological polar surface area (TPSA) is 35.5 Å². The third kappa shape index (κ3) is 2.31. The molecule has 0 heterocycles. The van der Waals surface area contributed by atoms with Crippen molar-refractivity contribution in [3.63, 3.8) is 0 Å². The van der Waals surface area contributed by atoms with E-state index in [1.165, 1.54) is 31.4 Å². The zero-order valence-corrected chi connectivity index (χ0v) is 11.6. The van der Waals surface area contributed by atoms with Crippen molar-refractivity contribution in [1.82, 2.24) is 0 Å². The summed E-state index contributed by atoms with van der Waals surface area (Å²) in [5.41, 5.74) is 0.438. The number of carbonyl (C=O) groups excluding carboxylic acids is 1. The van der Waals surface area contributed by atoms with Crippen molar-refractivity contribution in [1.29, 1.82) is 0 Å². The first-order valence-corrected chi connectivity index (χ1v) is 7.34. The van der Waals surface area contributed by atoms with Crippen LogP contribution in [0.15, 0.2) is 24.0 Å². The molecule has 0 aromatic rings. The van der Waals surface area contributed by atoms with Gasteiger partial charge in [-0.25, -0.2) is 4.79 Å². The zero-order valence-electron chi connectivity index (χ0n) is 11.6. The van der Waals surface area contributed by atoms with Crippen molar-refractivity contribution in [3.8, 4) is 0 Å². The number of fused-ring (bicyclic) bond motifs is 5. The number of carbonyl (C=O) groups is 1. The summed E-state index contributed by atoms with van der Waals surface area (Å²) in [6.07, 6.45) is 7.79. The number of esters is 1. The van der Waals surface area contributed by atoms with Crippen molar-refractivity contribution in [2.45, 2.75) is 32.6 Å². The highest BCUT2D eigenvalue weighted by molar-refractivity contribution is 5.86. The van der Waals surface area contributed by atoms with Crippen LogP contribution >= 0.6 is 0 Å². The summed E-state index contributed by atoms with van der Waals surface area (Å²) in [4.78, 5) is 11.2. The molecule has 104 valence electrons. The predicted molar refractivity (Wildman–Crippen MR) is 72.2 cm³/mol. The first-order valence-electron chi connectivity index (χ1n) is 7.34. The Kier molecular flexibility index (Phi) is 3.38. The van der Waals surface area contributed by atoms with E-state index in [9.17, 15) is 4.79 Å². The second-order valence-corrected chi connectivity index (χ2v) is 6.10. The number of hydrogen-bond donors (Lipinski definition) is 0. The van der Waals surface area contributed by atoms with Crippen LogP contribution in [0.2, 0.25) is 0 Å². The summed E-state index contributed by atoms with van der Waals surface area (Å²) in [7, 11) is 0. The standard InChI is InChI=1S/C16H22O3/c1-10(2)16(17)19-7-6-18-15-9-11-8-14(15)13-5-3-4-12(11)13/h9,11-14H,1,3-8H2,2H3. The lowest BCUT2D eigenvalue weighted by Gasteiger charge is -2.25. The van der Waals surface area contributed by atoms with E-state index >= 15 is 0 Å². The molecule has 0 spiro atoms. The van der Waals surface area contributed by atoms with Crippen LogP contribution < -0.4 is 0 Å². The van der Waals surface area contributed by atoms with E-state index in [1.807, 2.05) is 0 Å². The molecule has 3 nitrogen and oxygen atoms in total. The van der Waals surface area contributed by atoms with Crippen LogP contribution in [0.5, 0.6) is 0 Å². The molecule has 3 rings (SSSR count). The first kappa shape index (κ1) is 12.8. The average Bonchev–Trinajstić information content (AvgIpc) is 3.05. The van der Waals surface area contributed by atoms with Gasteiger partial charge in [0.15, 0.2) is 0 Å². The molecule has 0 aromatic carbocycles. The molecule has 19 heavy (non-hydrogen) atoms. The molecule has 4 unspecified atom stereocenters. The Balaban J connectivity index is 1.45. The van der Waals surface area contributed by atoms with Gasteiger partial charge in [-0.2, -0.15) is 0 Å². The summed E-state index contributed by atoms with van der Waals surface area (Å²) in [5.74, 6) is 4.03. The fourth-order valence-electron chi connectivity index (χ4n) is 4.12. The van der Waals surface area contributed by atoms with Gasteiger partial charge in [-0.15, -0.1) is 0 Å². The largest absolute Gasteiger partial charge is 0.494 e. The maximum Gasteiger partial charge on any atom is 0.333 e. The predicted octanol–water partition coefficient (Wildman–Crippen LogP) is 3.07. The van der Waals surface area contributed by atoms with E-state index in [2.05, 4.69) is 12.7 Å². The van der Waals surface area contributed by atoms with Gasteiger partial charge >= 0.3 is 5.97 Å². The van der Waals surface area contributed by atoms with Gasteiger partial charge in [0.25, 0.3) is 0 Å². The van der Waals surface area contributed by atoms with Crippen LogP contribution in [-0.4, -0.2) is 19.2 Å². The van der Waals surface area contributed by atoms with E-state index in [1.54, 1.807) is 6.92 Å². The summed E-state index contributed by atoms with van der Waals surface area (Å²) in [5, 5.41) is 0. The Hall–Kier alpha value is -1.25. The molecule has 0 N–H and O–H groups in total. The third-order valence-corrected chi connectivity index (χ3v) is 4.90. The molecule has 0 aliphatic heterocycles. The van der Waals surface area contributed by atoms with Gasteiger partial charge in [0.1, 0.15) is 13.2 Å². The Labute approximate surface area is 114 Å². The number of allylic oxidation sites excluding steroid dienone is 2. The van der Waals surface area contributed by atoms with Crippen molar-refractivity contribution < 1.29 is 14.3 Å². The second kappa shape index (κ2) is 5.03. The quantitative estimate of drug-likeness (QED) is 0.434. The highest BCUT2D eigenvalue weighted by Gasteiger charge is 2.50. The van der Waals surface area contributed by atoms with Crippen molar-refractivity contribution in [2.75, 3.05) is 13.2 Å².